The highest BCUT2D eigenvalue weighted by Gasteiger charge is 2.27. The predicted octanol–water partition coefficient (Wildman–Crippen LogP) is 14.9. The van der Waals surface area contributed by atoms with Gasteiger partial charge in [0.05, 0.1) is 44.1 Å². The summed E-state index contributed by atoms with van der Waals surface area (Å²) in [5.41, 5.74) is 18.7. The van der Waals surface area contributed by atoms with Crippen molar-refractivity contribution in [2.75, 3.05) is 0 Å². The van der Waals surface area contributed by atoms with Crippen LogP contribution < -0.4 is 0 Å². The molecule has 0 aliphatic carbocycles. The van der Waals surface area contributed by atoms with Gasteiger partial charge < -0.3 is 13.4 Å². The standard InChI is InChI=1S/C61H39N7/c1-6-20-40(21-7-1)53-51-30-16-18-36-65(51)55-47-38-44(32-34-49(47)67(57(53)55)46-28-14-5-15-29-46)45-33-35-50-48(39-45)56-58(54(41-22-8-2-9-23-41)52-31-17-19-37-66(52)56)68(50)61-63-59(42-24-10-3-11-25-42)62-60(64-61)43-26-12-4-13-27-43/h1-39H. The first-order valence-electron chi connectivity index (χ1n) is 23.0. The fraction of sp³-hybridized carbons (Fsp3) is 0. The fourth-order valence-corrected chi connectivity index (χ4v) is 10.5. The highest BCUT2D eigenvalue weighted by atomic mass is 15.2. The Labute approximate surface area is 390 Å². The van der Waals surface area contributed by atoms with E-state index < -0.39 is 0 Å². The van der Waals surface area contributed by atoms with Crippen molar-refractivity contribution in [3.05, 3.63) is 237 Å². The lowest BCUT2D eigenvalue weighted by molar-refractivity contribution is 0.954. The van der Waals surface area contributed by atoms with E-state index in [0.717, 1.165) is 72.0 Å². The van der Waals surface area contributed by atoms with Crippen LogP contribution in [0.1, 0.15) is 0 Å². The van der Waals surface area contributed by atoms with E-state index in [4.69, 9.17) is 15.0 Å². The van der Waals surface area contributed by atoms with Crippen LogP contribution in [0, 0.1) is 0 Å². The molecule has 0 saturated heterocycles. The largest absolute Gasteiger partial charge is 0.314 e. The van der Waals surface area contributed by atoms with Gasteiger partial charge in [0.25, 0.3) is 0 Å². The smallest absolute Gasteiger partial charge is 0.238 e. The molecular weight excluding hydrogens is 831 g/mol. The van der Waals surface area contributed by atoms with Crippen molar-refractivity contribution in [1.82, 2.24) is 32.9 Å². The van der Waals surface area contributed by atoms with E-state index in [1.807, 2.05) is 36.4 Å². The number of fused-ring (bicyclic) bond motifs is 10. The first-order valence-corrected chi connectivity index (χ1v) is 23.0. The van der Waals surface area contributed by atoms with Crippen LogP contribution in [0.5, 0.6) is 0 Å². The second kappa shape index (κ2) is 15.1. The molecular formula is C61H39N7. The minimum atomic E-state index is 0.555. The maximum atomic E-state index is 5.32. The van der Waals surface area contributed by atoms with Crippen LogP contribution in [0.2, 0.25) is 0 Å². The van der Waals surface area contributed by atoms with Crippen LogP contribution in [0.4, 0.5) is 0 Å². The summed E-state index contributed by atoms with van der Waals surface area (Å²) in [5, 5.41) is 2.27. The zero-order chi connectivity index (χ0) is 44.7. The third-order valence-electron chi connectivity index (χ3n) is 13.4. The second-order valence-electron chi connectivity index (χ2n) is 17.3. The highest BCUT2D eigenvalue weighted by molar-refractivity contribution is 6.20. The molecule has 0 N–H and O–H groups in total. The minimum Gasteiger partial charge on any atom is -0.314 e. The summed E-state index contributed by atoms with van der Waals surface area (Å²) < 4.78 is 9.41. The zero-order valence-corrected chi connectivity index (χ0v) is 36.6. The molecule has 0 bridgehead atoms. The number of para-hydroxylation sites is 1. The molecule has 0 saturated carbocycles. The molecule has 7 heterocycles. The average molecular weight is 870 g/mol. The molecule has 0 amide bonds. The molecule has 7 heteroatoms. The van der Waals surface area contributed by atoms with Crippen molar-refractivity contribution in [3.63, 3.8) is 0 Å². The number of pyridine rings is 2. The van der Waals surface area contributed by atoms with E-state index in [1.54, 1.807) is 0 Å². The lowest BCUT2D eigenvalue weighted by Gasteiger charge is -2.12. The first kappa shape index (κ1) is 38.0. The Bertz CT molecular complexity index is 4170. The van der Waals surface area contributed by atoms with Gasteiger partial charge in [-0.05, 0) is 82.9 Å². The zero-order valence-electron chi connectivity index (χ0n) is 36.6. The molecule has 68 heavy (non-hydrogen) atoms. The molecule has 0 radical (unpaired) electrons. The summed E-state index contributed by atoms with van der Waals surface area (Å²) >= 11 is 0. The SMILES string of the molecule is c1ccc(-c2nc(-c3ccccc3)nc(-n3c4ccc(-c5ccc6c(c5)c5c(c(-c7ccccc7)c7ccccn75)n6-c5ccccc5)cc4c4c3c(-c3ccccc3)c3ccccn34)n2)cc1. The van der Waals surface area contributed by atoms with Gasteiger partial charge in [0.2, 0.25) is 5.95 Å². The third kappa shape index (κ3) is 5.76. The Hall–Kier alpha value is -9.33. The molecule has 0 atom stereocenters. The van der Waals surface area contributed by atoms with Gasteiger partial charge in [0.1, 0.15) is 0 Å². The van der Waals surface area contributed by atoms with Gasteiger partial charge >= 0.3 is 0 Å². The van der Waals surface area contributed by atoms with Crippen molar-refractivity contribution in [3.8, 4) is 67.8 Å². The van der Waals surface area contributed by atoms with Gasteiger partial charge in [0.15, 0.2) is 11.6 Å². The summed E-state index contributed by atoms with van der Waals surface area (Å²) in [6, 6.07) is 79.4. The van der Waals surface area contributed by atoms with Gasteiger partial charge in [-0.2, -0.15) is 9.97 Å². The molecule has 0 spiro atoms. The Morgan fingerprint density at radius 1 is 0.279 bits per heavy atom. The Morgan fingerprint density at radius 2 is 0.676 bits per heavy atom. The molecule has 0 unspecified atom stereocenters. The van der Waals surface area contributed by atoms with Gasteiger partial charge in [-0.3, -0.25) is 4.57 Å². The Balaban J connectivity index is 1.07. The molecule has 0 fully saturated rings. The van der Waals surface area contributed by atoms with Crippen molar-refractivity contribution >= 4 is 54.9 Å². The van der Waals surface area contributed by atoms with Gasteiger partial charge in [-0.25, -0.2) is 4.98 Å². The maximum absolute atomic E-state index is 5.32. The fourth-order valence-electron chi connectivity index (χ4n) is 10.5. The minimum absolute atomic E-state index is 0.555. The van der Waals surface area contributed by atoms with Gasteiger partial charge in [-0.1, -0.05) is 164 Å². The van der Waals surface area contributed by atoms with Crippen LogP contribution in [0.3, 0.4) is 0 Å². The van der Waals surface area contributed by atoms with E-state index in [2.05, 4.69) is 218 Å². The molecule has 14 aromatic rings. The number of benzene rings is 7. The summed E-state index contributed by atoms with van der Waals surface area (Å²) in [6.45, 7) is 0. The third-order valence-corrected chi connectivity index (χ3v) is 13.4. The monoisotopic (exact) mass is 869 g/mol. The number of rotatable bonds is 7. The van der Waals surface area contributed by atoms with E-state index in [0.29, 0.717) is 17.6 Å². The van der Waals surface area contributed by atoms with E-state index in [9.17, 15) is 0 Å². The molecule has 7 aromatic heterocycles. The normalized spacial score (nSPS) is 11.8. The summed E-state index contributed by atoms with van der Waals surface area (Å²) in [5.74, 6) is 1.78. The lowest BCUT2D eigenvalue weighted by Crippen LogP contribution is -2.06. The molecule has 7 nitrogen and oxygen atoms in total. The molecule has 0 aliphatic rings. The Kier molecular flexibility index (Phi) is 8.45. The topological polar surface area (TPSA) is 57.4 Å². The first-order chi connectivity index (χ1) is 33.8. The summed E-state index contributed by atoms with van der Waals surface area (Å²) in [4.78, 5) is 15.7. The number of nitrogens with zero attached hydrogens (tertiary/aromatic N) is 7. The van der Waals surface area contributed by atoms with Gasteiger partial charge in [0, 0.05) is 51.1 Å². The van der Waals surface area contributed by atoms with E-state index >= 15 is 0 Å². The van der Waals surface area contributed by atoms with Crippen LogP contribution in [0.25, 0.3) is 123 Å². The Morgan fingerprint density at radius 3 is 1.15 bits per heavy atom. The maximum Gasteiger partial charge on any atom is 0.238 e. The predicted molar refractivity (Wildman–Crippen MR) is 278 cm³/mol. The number of aromatic nitrogens is 7. The summed E-state index contributed by atoms with van der Waals surface area (Å²) in [7, 11) is 0. The van der Waals surface area contributed by atoms with E-state index in [1.165, 1.54) is 33.1 Å². The van der Waals surface area contributed by atoms with E-state index in [-0.39, 0.29) is 0 Å². The molecule has 318 valence electrons. The van der Waals surface area contributed by atoms with Crippen LogP contribution in [-0.4, -0.2) is 32.9 Å². The van der Waals surface area contributed by atoms with Crippen molar-refractivity contribution in [1.29, 1.82) is 0 Å². The lowest BCUT2D eigenvalue weighted by atomic mass is 10.0. The highest BCUT2D eigenvalue weighted by Crippen LogP contribution is 2.46. The van der Waals surface area contributed by atoms with Crippen molar-refractivity contribution < 1.29 is 0 Å². The van der Waals surface area contributed by atoms with Crippen LogP contribution in [0.15, 0.2) is 237 Å². The summed E-state index contributed by atoms with van der Waals surface area (Å²) in [6.07, 6.45) is 4.38. The quantitative estimate of drug-likeness (QED) is 0.160. The molecule has 7 aromatic carbocycles. The number of hydrogen-bond donors (Lipinski definition) is 0. The van der Waals surface area contributed by atoms with Crippen molar-refractivity contribution in [2.45, 2.75) is 0 Å². The van der Waals surface area contributed by atoms with Crippen LogP contribution in [-0.2, 0) is 0 Å². The van der Waals surface area contributed by atoms with Crippen molar-refractivity contribution in [2.24, 2.45) is 0 Å². The molecule has 0 aliphatic heterocycles. The molecule has 14 rings (SSSR count). The van der Waals surface area contributed by atoms with Crippen LogP contribution >= 0.6 is 0 Å². The number of hydrogen-bond acceptors (Lipinski definition) is 3. The average Bonchev–Trinajstić information content (AvgIpc) is 4.14. The second-order valence-corrected chi connectivity index (χ2v) is 17.3. The van der Waals surface area contributed by atoms with Gasteiger partial charge in [-0.15, -0.1) is 0 Å².